The number of β-amino-alcohol motifs (C(OH)–C–C–N with tert-alkyl or cyclic N) is 1. The van der Waals surface area contributed by atoms with Crippen molar-refractivity contribution >= 4 is 5.91 Å². The molecular formula is C17H25FN2O4. The maximum Gasteiger partial charge on any atom is 0.216 e. The van der Waals surface area contributed by atoms with Crippen LogP contribution in [0.2, 0.25) is 0 Å². The Morgan fingerprint density at radius 1 is 1.46 bits per heavy atom. The average Bonchev–Trinajstić information content (AvgIpc) is 2.56. The molecule has 1 amide bonds. The summed E-state index contributed by atoms with van der Waals surface area (Å²) in [4.78, 5) is 13.0. The molecule has 1 heterocycles. The molecule has 1 aliphatic rings. The fourth-order valence-electron chi connectivity index (χ4n) is 2.76. The van der Waals surface area contributed by atoms with Crippen LogP contribution >= 0.6 is 0 Å². The number of nitrogens with one attached hydrogen (secondary N) is 1. The van der Waals surface area contributed by atoms with Gasteiger partial charge in [0.1, 0.15) is 24.6 Å². The summed E-state index contributed by atoms with van der Waals surface area (Å²) in [6, 6.07) is 7.38. The zero-order chi connectivity index (χ0) is 17.6. The Morgan fingerprint density at radius 2 is 2.17 bits per heavy atom. The Balaban J connectivity index is 1.86. The van der Waals surface area contributed by atoms with Gasteiger partial charge in [0.2, 0.25) is 5.91 Å². The average molecular weight is 340 g/mol. The lowest BCUT2D eigenvalue weighted by Gasteiger charge is -2.42. The summed E-state index contributed by atoms with van der Waals surface area (Å²) in [6.07, 6.45) is -0.545. The molecule has 7 heteroatoms. The van der Waals surface area contributed by atoms with Crippen LogP contribution in [-0.2, 0) is 11.3 Å². The predicted molar refractivity (Wildman–Crippen MR) is 87.4 cm³/mol. The van der Waals surface area contributed by atoms with Gasteiger partial charge in [-0.25, -0.2) is 4.39 Å². The first kappa shape index (κ1) is 18.6. The summed E-state index contributed by atoms with van der Waals surface area (Å²) in [5.74, 6) is 0.396. The maximum absolute atomic E-state index is 12.1. The minimum atomic E-state index is -1.29. The minimum Gasteiger partial charge on any atom is -0.491 e. The number of rotatable bonds is 7. The van der Waals surface area contributed by atoms with Gasteiger partial charge in [-0.2, -0.15) is 0 Å². The standard InChI is InChI=1S/C17H25FN2O4/c1-13(21)19-12-17(23)6-8-20(11-16(17)22)10-14-2-4-15(5-3-14)24-9-7-18/h2-5,16,22-23H,6-12H2,1H3,(H,19,21)/t16-,17-/m1/s1. The number of halogens is 1. The van der Waals surface area contributed by atoms with Gasteiger partial charge in [0.05, 0.1) is 6.10 Å². The molecule has 1 aliphatic heterocycles. The highest BCUT2D eigenvalue weighted by Crippen LogP contribution is 2.24. The highest BCUT2D eigenvalue weighted by atomic mass is 19.1. The summed E-state index contributed by atoms with van der Waals surface area (Å²) < 4.78 is 17.3. The van der Waals surface area contributed by atoms with E-state index in [1.165, 1.54) is 6.92 Å². The van der Waals surface area contributed by atoms with E-state index in [1.54, 1.807) is 12.1 Å². The normalized spacial score (nSPS) is 24.6. The molecule has 0 aromatic heterocycles. The molecule has 2 atom stereocenters. The summed E-state index contributed by atoms with van der Waals surface area (Å²) in [6.45, 7) is 2.54. The third-order valence-electron chi connectivity index (χ3n) is 4.23. The number of carbonyl (C=O) groups excluding carboxylic acids is 1. The second-order valence-electron chi connectivity index (χ2n) is 6.20. The summed E-state index contributed by atoms with van der Waals surface area (Å²) in [5.41, 5.74) is -0.242. The van der Waals surface area contributed by atoms with Crippen LogP contribution in [0.4, 0.5) is 4.39 Å². The number of benzene rings is 1. The van der Waals surface area contributed by atoms with Crippen molar-refractivity contribution in [2.45, 2.75) is 31.6 Å². The van der Waals surface area contributed by atoms with Gasteiger partial charge in [0, 0.05) is 33.1 Å². The van der Waals surface area contributed by atoms with Crippen molar-refractivity contribution in [1.29, 1.82) is 0 Å². The molecule has 0 spiro atoms. The van der Waals surface area contributed by atoms with Crippen LogP contribution < -0.4 is 10.1 Å². The van der Waals surface area contributed by atoms with Gasteiger partial charge in [-0.3, -0.25) is 9.69 Å². The predicted octanol–water partition coefficient (Wildman–Crippen LogP) is 0.469. The SMILES string of the molecule is CC(=O)NC[C@]1(O)CCN(Cc2ccc(OCCF)cc2)C[C@H]1O. The molecule has 1 aromatic carbocycles. The molecule has 3 N–H and O–H groups in total. The van der Waals surface area contributed by atoms with Crippen molar-refractivity contribution in [3.05, 3.63) is 29.8 Å². The summed E-state index contributed by atoms with van der Waals surface area (Å²) in [7, 11) is 0. The molecule has 1 aromatic rings. The number of alkyl halides is 1. The van der Waals surface area contributed by atoms with Crippen LogP contribution in [0.5, 0.6) is 5.75 Å². The second-order valence-corrected chi connectivity index (χ2v) is 6.20. The zero-order valence-electron chi connectivity index (χ0n) is 13.9. The van der Waals surface area contributed by atoms with Crippen LogP contribution in [-0.4, -0.2) is 65.6 Å². The highest BCUT2D eigenvalue weighted by Gasteiger charge is 2.40. The lowest BCUT2D eigenvalue weighted by molar-refractivity contribution is -0.130. The van der Waals surface area contributed by atoms with Gasteiger partial charge in [0.15, 0.2) is 0 Å². The number of amides is 1. The second kappa shape index (κ2) is 8.41. The van der Waals surface area contributed by atoms with Crippen LogP contribution in [0.1, 0.15) is 18.9 Å². The number of aliphatic hydroxyl groups excluding tert-OH is 1. The number of piperidine rings is 1. The van der Waals surface area contributed by atoms with Crippen molar-refractivity contribution in [2.24, 2.45) is 0 Å². The lowest BCUT2D eigenvalue weighted by atomic mass is 9.88. The monoisotopic (exact) mass is 340 g/mol. The Hall–Kier alpha value is -1.70. The van der Waals surface area contributed by atoms with Crippen LogP contribution in [0.3, 0.4) is 0 Å². The van der Waals surface area contributed by atoms with E-state index in [1.807, 2.05) is 17.0 Å². The van der Waals surface area contributed by atoms with E-state index in [-0.39, 0.29) is 19.1 Å². The fraction of sp³-hybridized carbons (Fsp3) is 0.588. The molecule has 6 nitrogen and oxygen atoms in total. The number of likely N-dealkylation sites (tertiary alicyclic amines) is 1. The molecule has 134 valence electrons. The Morgan fingerprint density at radius 3 is 2.75 bits per heavy atom. The smallest absolute Gasteiger partial charge is 0.216 e. The van der Waals surface area contributed by atoms with Crippen molar-refractivity contribution in [2.75, 3.05) is 32.9 Å². The molecule has 1 saturated heterocycles. The lowest BCUT2D eigenvalue weighted by Crippen LogP contribution is -2.59. The molecule has 1 fully saturated rings. The van der Waals surface area contributed by atoms with Gasteiger partial charge in [0.25, 0.3) is 0 Å². The zero-order valence-corrected chi connectivity index (χ0v) is 13.9. The van der Waals surface area contributed by atoms with Crippen LogP contribution in [0.25, 0.3) is 0 Å². The summed E-state index contributed by atoms with van der Waals surface area (Å²) in [5, 5.41) is 23.3. The molecular weight excluding hydrogens is 315 g/mol. The maximum atomic E-state index is 12.1. The molecule has 0 aliphatic carbocycles. The Kier molecular flexibility index (Phi) is 6.53. The number of hydrogen-bond acceptors (Lipinski definition) is 5. The van der Waals surface area contributed by atoms with E-state index >= 15 is 0 Å². The van der Waals surface area contributed by atoms with E-state index < -0.39 is 18.4 Å². The van der Waals surface area contributed by atoms with Crippen LogP contribution in [0, 0.1) is 0 Å². The molecule has 0 bridgehead atoms. The number of nitrogens with zero attached hydrogens (tertiary/aromatic N) is 1. The fourth-order valence-corrected chi connectivity index (χ4v) is 2.76. The first-order valence-electron chi connectivity index (χ1n) is 8.08. The molecule has 2 rings (SSSR count). The van der Waals surface area contributed by atoms with E-state index in [4.69, 9.17) is 4.74 Å². The van der Waals surface area contributed by atoms with E-state index in [9.17, 15) is 19.4 Å². The van der Waals surface area contributed by atoms with Gasteiger partial charge >= 0.3 is 0 Å². The Bertz CT molecular complexity index is 540. The van der Waals surface area contributed by atoms with E-state index in [2.05, 4.69) is 5.32 Å². The molecule has 0 unspecified atom stereocenters. The number of ether oxygens (including phenoxy) is 1. The first-order chi connectivity index (χ1) is 11.4. The van der Waals surface area contributed by atoms with Gasteiger partial charge in [-0.15, -0.1) is 0 Å². The summed E-state index contributed by atoms with van der Waals surface area (Å²) >= 11 is 0. The Labute approximate surface area is 141 Å². The van der Waals surface area contributed by atoms with E-state index in [0.717, 1.165) is 5.56 Å². The van der Waals surface area contributed by atoms with Crippen molar-refractivity contribution in [3.63, 3.8) is 0 Å². The third kappa shape index (κ3) is 5.15. The highest BCUT2D eigenvalue weighted by molar-refractivity contribution is 5.72. The molecule has 24 heavy (non-hydrogen) atoms. The molecule has 0 saturated carbocycles. The van der Waals surface area contributed by atoms with Crippen molar-refractivity contribution in [1.82, 2.24) is 10.2 Å². The van der Waals surface area contributed by atoms with Gasteiger partial charge in [-0.05, 0) is 24.1 Å². The van der Waals surface area contributed by atoms with Crippen LogP contribution in [0.15, 0.2) is 24.3 Å². The van der Waals surface area contributed by atoms with Gasteiger partial charge < -0.3 is 20.3 Å². The number of hydrogen-bond donors (Lipinski definition) is 3. The van der Waals surface area contributed by atoms with E-state index in [0.29, 0.717) is 31.8 Å². The third-order valence-corrected chi connectivity index (χ3v) is 4.23. The molecule has 0 radical (unpaired) electrons. The minimum absolute atomic E-state index is 0.0462. The van der Waals surface area contributed by atoms with Crippen molar-refractivity contribution < 1.29 is 24.1 Å². The first-order valence-corrected chi connectivity index (χ1v) is 8.08. The number of carbonyl (C=O) groups is 1. The quantitative estimate of drug-likeness (QED) is 0.672. The van der Waals surface area contributed by atoms with Gasteiger partial charge in [-0.1, -0.05) is 12.1 Å². The van der Waals surface area contributed by atoms with Crippen molar-refractivity contribution in [3.8, 4) is 5.75 Å². The number of aliphatic hydroxyl groups is 2. The largest absolute Gasteiger partial charge is 0.491 e. The topological polar surface area (TPSA) is 82.0 Å².